The quantitative estimate of drug-likeness (QED) is 0.854. The highest BCUT2D eigenvalue weighted by Crippen LogP contribution is 2.36. The number of methoxy groups -OCH3 is 2. The van der Waals surface area contributed by atoms with Crippen molar-refractivity contribution in [2.75, 3.05) is 31.9 Å². The number of rotatable bonds is 5. The van der Waals surface area contributed by atoms with E-state index >= 15 is 0 Å². The Hall–Kier alpha value is -1.88. The molecule has 2 N–H and O–H groups in total. The second-order valence-electron chi connectivity index (χ2n) is 4.20. The number of thiophene rings is 1. The second kappa shape index (κ2) is 5.84. The third kappa shape index (κ3) is 2.93. The monoisotopic (exact) mass is 278 g/mol. The molecular weight excluding hydrogens is 260 g/mol. The van der Waals surface area contributed by atoms with Crippen LogP contribution in [0.25, 0.3) is 0 Å². The van der Waals surface area contributed by atoms with E-state index in [0.717, 1.165) is 12.2 Å². The number of nitrogen functional groups attached to an aromatic ring is 1. The van der Waals surface area contributed by atoms with E-state index in [1.807, 2.05) is 19.2 Å². The van der Waals surface area contributed by atoms with Gasteiger partial charge in [0.25, 0.3) is 0 Å². The van der Waals surface area contributed by atoms with Gasteiger partial charge in [-0.25, -0.2) is 0 Å². The zero-order valence-corrected chi connectivity index (χ0v) is 12.2. The summed E-state index contributed by atoms with van der Waals surface area (Å²) >= 11 is 1.73. The predicted octanol–water partition coefficient (Wildman–Crippen LogP) is 2.98. The van der Waals surface area contributed by atoms with Crippen LogP contribution in [0.15, 0.2) is 29.6 Å². The van der Waals surface area contributed by atoms with Crippen LogP contribution in [-0.4, -0.2) is 21.3 Å². The number of nitrogens with zero attached hydrogens (tertiary/aromatic N) is 1. The summed E-state index contributed by atoms with van der Waals surface area (Å²) in [7, 11) is 5.24. The minimum absolute atomic E-state index is 0.647. The Morgan fingerprint density at radius 2 is 1.89 bits per heavy atom. The molecule has 0 aliphatic heterocycles. The molecule has 0 saturated carbocycles. The number of benzene rings is 1. The maximum Gasteiger partial charge on any atom is 0.162 e. The summed E-state index contributed by atoms with van der Waals surface area (Å²) in [5, 5.41) is 2.07. The van der Waals surface area contributed by atoms with Crippen LogP contribution in [-0.2, 0) is 6.54 Å². The minimum Gasteiger partial charge on any atom is -0.493 e. The SMILES string of the molecule is COc1cc(N)c(N(C)Cc2cccs2)cc1OC. The maximum absolute atomic E-state index is 6.08. The van der Waals surface area contributed by atoms with Gasteiger partial charge in [-0.2, -0.15) is 0 Å². The summed E-state index contributed by atoms with van der Waals surface area (Å²) in [6.45, 7) is 0.817. The summed E-state index contributed by atoms with van der Waals surface area (Å²) in [5.74, 6) is 1.33. The van der Waals surface area contributed by atoms with Crippen molar-refractivity contribution >= 4 is 22.7 Å². The molecule has 0 bridgehead atoms. The van der Waals surface area contributed by atoms with Crippen molar-refractivity contribution in [2.24, 2.45) is 0 Å². The van der Waals surface area contributed by atoms with Crippen LogP contribution in [0.3, 0.4) is 0 Å². The average molecular weight is 278 g/mol. The van der Waals surface area contributed by atoms with E-state index in [0.29, 0.717) is 17.2 Å². The van der Waals surface area contributed by atoms with Crippen LogP contribution in [0.1, 0.15) is 4.88 Å². The van der Waals surface area contributed by atoms with Crippen LogP contribution in [0.5, 0.6) is 11.5 Å². The molecule has 0 fully saturated rings. The third-order valence-corrected chi connectivity index (χ3v) is 3.78. The van der Waals surface area contributed by atoms with Crippen LogP contribution in [0.4, 0.5) is 11.4 Å². The van der Waals surface area contributed by atoms with Crippen LogP contribution in [0, 0.1) is 0 Å². The van der Waals surface area contributed by atoms with Crippen LogP contribution in [0.2, 0.25) is 0 Å². The zero-order chi connectivity index (χ0) is 13.8. The topological polar surface area (TPSA) is 47.7 Å². The van der Waals surface area contributed by atoms with Gasteiger partial charge in [-0.3, -0.25) is 0 Å². The first-order valence-electron chi connectivity index (χ1n) is 5.90. The maximum atomic E-state index is 6.08. The van der Waals surface area contributed by atoms with Crippen molar-refractivity contribution < 1.29 is 9.47 Å². The predicted molar refractivity (Wildman–Crippen MR) is 80.4 cm³/mol. The van der Waals surface area contributed by atoms with Gasteiger partial charge in [0.2, 0.25) is 0 Å². The van der Waals surface area contributed by atoms with Gasteiger partial charge in [0.05, 0.1) is 32.1 Å². The summed E-state index contributed by atoms with van der Waals surface area (Å²) in [6.07, 6.45) is 0. The molecule has 0 atom stereocenters. The summed E-state index contributed by atoms with van der Waals surface area (Å²) in [5.41, 5.74) is 7.69. The Balaban J connectivity index is 2.28. The molecular formula is C14H18N2O2S. The van der Waals surface area contributed by atoms with E-state index in [9.17, 15) is 0 Å². The molecule has 5 heteroatoms. The fourth-order valence-electron chi connectivity index (χ4n) is 1.94. The van der Waals surface area contributed by atoms with Crippen molar-refractivity contribution in [3.63, 3.8) is 0 Å². The highest BCUT2D eigenvalue weighted by Gasteiger charge is 2.12. The Morgan fingerprint density at radius 1 is 1.21 bits per heavy atom. The molecule has 1 heterocycles. The smallest absolute Gasteiger partial charge is 0.162 e. The molecule has 102 valence electrons. The van der Waals surface area contributed by atoms with E-state index < -0.39 is 0 Å². The first-order chi connectivity index (χ1) is 9.15. The fraction of sp³-hybridized carbons (Fsp3) is 0.286. The lowest BCUT2D eigenvalue weighted by molar-refractivity contribution is 0.355. The first kappa shape index (κ1) is 13.5. The van der Waals surface area contributed by atoms with Crippen molar-refractivity contribution in [3.05, 3.63) is 34.5 Å². The van der Waals surface area contributed by atoms with Gasteiger partial charge in [0.15, 0.2) is 11.5 Å². The van der Waals surface area contributed by atoms with Gasteiger partial charge >= 0.3 is 0 Å². The molecule has 0 spiro atoms. The highest BCUT2D eigenvalue weighted by molar-refractivity contribution is 7.09. The van der Waals surface area contributed by atoms with E-state index in [1.165, 1.54) is 4.88 Å². The lowest BCUT2D eigenvalue weighted by Crippen LogP contribution is -2.17. The molecule has 19 heavy (non-hydrogen) atoms. The van der Waals surface area contributed by atoms with Crippen LogP contribution >= 0.6 is 11.3 Å². The number of ether oxygens (including phenoxy) is 2. The van der Waals surface area contributed by atoms with Crippen molar-refractivity contribution in [3.8, 4) is 11.5 Å². The molecule has 4 nitrogen and oxygen atoms in total. The summed E-state index contributed by atoms with van der Waals surface area (Å²) in [4.78, 5) is 3.39. The molecule has 0 aliphatic carbocycles. The Kier molecular flexibility index (Phi) is 4.16. The second-order valence-corrected chi connectivity index (χ2v) is 5.23. The first-order valence-corrected chi connectivity index (χ1v) is 6.78. The standard InChI is InChI=1S/C14H18N2O2S/c1-16(9-10-5-4-6-19-10)12-8-14(18-3)13(17-2)7-11(12)15/h4-8H,9,15H2,1-3H3. The largest absolute Gasteiger partial charge is 0.493 e. The fourth-order valence-corrected chi connectivity index (χ4v) is 2.69. The van der Waals surface area contributed by atoms with Crippen molar-refractivity contribution in [1.82, 2.24) is 0 Å². The zero-order valence-electron chi connectivity index (χ0n) is 11.3. The van der Waals surface area contributed by atoms with Gasteiger partial charge < -0.3 is 20.1 Å². The van der Waals surface area contributed by atoms with Crippen molar-refractivity contribution in [2.45, 2.75) is 6.54 Å². The number of nitrogens with two attached hydrogens (primary N) is 1. The van der Waals surface area contributed by atoms with E-state index in [2.05, 4.69) is 16.3 Å². The molecule has 1 aromatic carbocycles. The Morgan fingerprint density at radius 3 is 2.47 bits per heavy atom. The van der Waals surface area contributed by atoms with Gasteiger partial charge in [0.1, 0.15) is 0 Å². The molecule has 0 unspecified atom stereocenters. The van der Waals surface area contributed by atoms with Gasteiger partial charge in [-0.1, -0.05) is 6.07 Å². The summed E-state index contributed by atoms with van der Waals surface area (Å²) in [6, 6.07) is 7.85. The van der Waals surface area contributed by atoms with E-state index in [-0.39, 0.29) is 0 Å². The Labute approximate surface area is 117 Å². The van der Waals surface area contributed by atoms with Gasteiger partial charge in [-0.05, 0) is 11.4 Å². The normalized spacial score (nSPS) is 10.3. The highest BCUT2D eigenvalue weighted by atomic mass is 32.1. The summed E-state index contributed by atoms with van der Waals surface area (Å²) < 4.78 is 10.5. The third-order valence-electron chi connectivity index (χ3n) is 2.92. The van der Waals surface area contributed by atoms with E-state index in [1.54, 1.807) is 31.6 Å². The van der Waals surface area contributed by atoms with Crippen molar-refractivity contribution in [1.29, 1.82) is 0 Å². The molecule has 2 aromatic rings. The molecule has 0 aliphatic rings. The number of hydrogen-bond acceptors (Lipinski definition) is 5. The van der Waals surface area contributed by atoms with E-state index in [4.69, 9.17) is 15.2 Å². The molecule has 2 rings (SSSR count). The average Bonchev–Trinajstić information content (AvgIpc) is 2.90. The van der Waals surface area contributed by atoms with Gasteiger partial charge in [0, 0.05) is 24.1 Å². The Bertz CT molecular complexity index is 541. The molecule has 1 aromatic heterocycles. The molecule has 0 radical (unpaired) electrons. The lowest BCUT2D eigenvalue weighted by Gasteiger charge is -2.22. The number of hydrogen-bond donors (Lipinski definition) is 1. The number of anilines is 2. The lowest BCUT2D eigenvalue weighted by atomic mass is 10.2. The minimum atomic E-state index is 0.647. The molecule has 0 amide bonds. The van der Waals surface area contributed by atoms with Crippen LogP contribution < -0.4 is 20.1 Å². The molecule has 0 saturated heterocycles. The van der Waals surface area contributed by atoms with Gasteiger partial charge in [-0.15, -0.1) is 11.3 Å².